The van der Waals surface area contributed by atoms with Gasteiger partial charge in [0, 0.05) is 49.2 Å². The lowest BCUT2D eigenvalue weighted by molar-refractivity contribution is 0.0901. The minimum Gasteiger partial charge on any atom is -0.345 e. The van der Waals surface area contributed by atoms with Gasteiger partial charge in [-0.1, -0.05) is 30.3 Å². The lowest BCUT2D eigenvalue weighted by atomic mass is 10.1. The van der Waals surface area contributed by atoms with Crippen molar-refractivity contribution in [2.75, 3.05) is 38.5 Å². The molecule has 6 nitrogen and oxygen atoms in total. The Labute approximate surface area is 179 Å². The third-order valence-electron chi connectivity index (χ3n) is 6.28. The lowest BCUT2D eigenvalue weighted by Gasteiger charge is -2.33. The molecule has 0 amide bonds. The fraction of sp³-hybridized carbons (Fsp3) is 0.522. The topological polar surface area (TPSA) is 62.6 Å². The van der Waals surface area contributed by atoms with E-state index in [0.717, 1.165) is 22.5 Å². The van der Waals surface area contributed by atoms with Gasteiger partial charge in [-0.05, 0) is 44.7 Å². The van der Waals surface area contributed by atoms with Crippen LogP contribution >= 0.6 is 0 Å². The summed E-state index contributed by atoms with van der Waals surface area (Å²) in [5.74, 6) is 0.263. The number of Topliss-reactive ketones (excluding diaryl/α,β-unsaturated/α-hetero) is 1. The van der Waals surface area contributed by atoms with E-state index in [-0.39, 0.29) is 11.5 Å². The average molecular weight is 430 g/mol. The molecule has 1 saturated carbocycles. The first-order chi connectivity index (χ1) is 14.3. The average Bonchev–Trinajstić information content (AvgIpc) is 3.52. The van der Waals surface area contributed by atoms with Crippen molar-refractivity contribution in [3.63, 3.8) is 0 Å². The number of aromatic nitrogens is 1. The maximum Gasteiger partial charge on any atom is 0.214 e. The van der Waals surface area contributed by atoms with E-state index in [9.17, 15) is 13.2 Å². The first-order valence-corrected chi connectivity index (χ1v) is 12.4. The third kappa shape index (κ3) is 4.68. The molecule has 2 aromatic rings. The number of carbonyl (C=O) groups excluding carboxylic acids is 1. The number of ketones is 1. The maximum absolute atomic E-state index is 12.9. The fourth-order valence-electron chi connectivity index (χ4n) is 4.43. The molecule has 2 aliphatic rings. The molecule has 1 aromatic heterocycles. The van der Waals surface area contributed by atoms with E-state index in [1.54, 1.807) is 4.31 Å². The zero-order valence-corrected chi connectivity index (χ0v) is 18.7. The van der Waals surface area contributed by atoms with E-state index < -0.39 is 10.0 Å². The molecule has 2 heterocycles. The van der Waals surface area contributed by atoms with Crippen LogP contribution in [-0.2, 0) is 16.4 Å². The van der Waals surface area contributed by atoms with Gasteiger partial charge in [0.15, 0.2) is 5.78 Å². The van der Waals surface area contributed by atoms with Crippen LogP contribution in [0.4, 0.5) is 0 Å². The number of sulfonamides is 1. The molecule has 1 aliphatic carbocycles. The van der Waals surface area contributed by atoms with Gasteiger partial charge in [-0.3, -0.25) is 9.69 Å². The molecule has 1 aromatic carbocycles. The molecule has 1 aliphatic heterocycles. The molecule has 30 heavy (non-hydrogen) atoms. The lowest BCUT2D eigenvalue weighted by Crippen LogP contribution is -2.50. The van der Waals surface area contributed by atoms with Gasteiger partial charge in [0.25, 0.3) is 0 Å². The molecule has 0 bridgehead atoms. The number of nitrogens with zero attached hydrogens (tertiary/aromatic N) is 3. The van der Waals surface area contributed by atoms with E-state index in [1.165, 1.54) is 12.8 Å². The summed E-state index contributed by atoms with van der Waals surface area (Å²) in [6.07, 6.45) is 2.92. The molecule has 0 spiro atoms. The van der Waals surface area contributed by atoms with E-state index in [1.807, 2.05) is 43.3 Å². The first kappa shape index (κ1) is 21.3. The zero-order valence-electron chi connectivity index (χ0n) is 17.9. The van der Waals surface area contributed by atoms with Gasteiger partial charge in [0.05, 0.1) is 12.3 Å². The van der Waals surface area contributed by atoms with Crippen molar-refractivity contribution in [2.45, 2.75) is 39.2 Å². The number of rotatable bonds is 8. The van der Waals surface area contributed by atoms with Crippen LogP contribution in [0, 0.1) is 13.8 Å². The standard InChI is InChI=1S/C23H31N3O3S/c1-18-16-22(19(2)26(18)21-8-9-21)23(27)17-24-11-13-25(14-12-24)30(28,29)15-10-20-6-4-3-5-7-20/h3-7,16,21H,8-15,17H2,1-2H3. The minimum atomic E-state index is -3.28. The molecule has 2 fully saturated rings. The molecular weight excluding hydrogens is 398 g/mol. The second-order valence-corrected chi connectivity index (χ2v) is 10.6. The van der Waals surface area contributed by atoms with Crippen LogP contribution in [0.2, 0.25) is 0 Å². The van der Waals surface area contributed by atoms with Gasteiger partial charge < -0.3 is 4.57 Å². The monoisotopic (exact) mass is 429 g/mol. The number of hydrogen-bond acceptors (Lipinski definition) is 4. The maximum atomic E-state index is 12.9. The highest BCUT2D eigenvalue weighted by Gasteiger charge is 2.30. The summed E-state index contributed by atoms with van der Waals surface area (Å²) in [5, 5.41) is 0. The second kappa shape index (κ2) is 8.65. The minimum absolute atomic E-state index is 0.128. The summed E-state index contributed by atoms with van der Waals surface area (Å²) < 4.78 is 29.3. The van der Waals surface area contributed by atoms with Crippen molar-refractivity contribution in [1.29, 1.82) is 0 Å². The predicted molar refractivity (Wildman–Crippen MR) is 118 cm³/mol. The molecule has 1 saturated heterocycles. The second-order valence-electron chi connectivity index (χ2n) is 8.54. The molecule has 4 rings (SSSR count). The molecule has 7 heteroatoms. The molecule has 0 unspecified atom stereocenters. The number of hydrogen-bond donors (Lipinski definition) is 0. The highest BCUT2D eigenvalue weighted by molar-refractivity contribution is 7.89. The SMILES string of the molecule is Cc1cc(C(=O)CN2CCN(S(=O)(=O)CCc3ccccc3)CC2)c(C)n1C1CC1. The summed E-state index contributed by atoms with van der Waals surface area (Å²) in [7, 11) is -3.28. The van der Waals surface area contributed by atoms with E-state index in [4.69, 9.17) is 0 Å². The highest BCUT2D eigenvalue weighted by atomic mass is 32.2. The van der Waals surface area contributed by atoms with Crippen LogP contribution in [0.3, 0.4) is 0 Å². The van der Waals surface area contributed by atoms with Gasteiger partial charge in [-0.15, -0.1) is 0 Å². The van der Waals surface area contributed by atoms with Crippen molar-refractivity contribution >= 4 is 15.8 Å². The Hall–Kier alpha value is -1.96. The van der Waals surface area contributed by atoms with E-state index in [2.05, 4.69) is 16.4 Å². The molecule has 0 radical (unpaired) electrons. The van der Waals surface area contributed by atoms with Crippen LogP contribution in [0.5, 0.6) is 0 Å². The Morgan fingerprint density at radius 2 is 1.70 bits per heavy atom. The van der Waals surface area contributed by atoms with E-state index in [0.29, 0.717) is 45.2 Å². The van der Waals surface area contributed by atoms with Crippen molar-refractivity contribution < 1.29 is 13.2 Å². The van der Waals surface area contributed by atoms with Crippen LogP contribution in [0.1, 0.15) is 46.2 Å². The number of piperazine rings is 1. The highest BCUT2D eigenvalue weighted by Crippen LogP contribution is 2.38. The predicted octanol–water partition coefficient (Wildman–Crippen LogP) is 2.81. The quantitative estimate of drug-likeness (QED) is 0.606. The van der Waals surface area contributed by atoms with Gasteiger partial charge >= 0.3 is 0 Å². The normalized spacial score (nSPS) is 18.6. The number of benzene rings is 1. The Kier molecular flexibility index (Phi) is 6.14. The molecule has 0 N–H and O–H groups in total. The van der Waals surface area contributed by atoms with Crippen LogP contribution in [0.25, 0.3) is 0 Å². The van der Waals surface area contributed by atoms with Crippen molar-refractivity contribution in [2.24, 2.45) is 0 Å². The first-order valence-electron chi connectivity index (χ1n) is 10.8. The Balaban J connectivity index is 1.30. The Morgan fingerprint density at radius 3 is 2.33 bits per heavy atom. The summed E-state index contributed by atoms with van der Waals surface area (Å²) in [6.45, 7) is 6.55. The van der Waals surface area contributed by atoms with E-state index >= 15 is 0 Å². The van der Waals surface area contributed by atoms with Gasteiger partial charge in [-0.2, -0.15) is 4.31 Å². The smallest absolute Gasteiger partial charge is 0.214 e. The largest absolute Gasteiger partial charge is 0.345 e. The Bertz CT molecular complexity index is 1000. The van der Waals surface area contributed by atoms with Crippen molar-refractivity contribution in [3.05, 3.63) is 58.9 Å². The summed E-state index contributed by atoms with van der Waals surface area (Å²) >= 11 is 0. The summed E-state index contributed by atoms with van der Waals surface area (Å²) in [4.78, 5) is 15.0. The van der Waals surface area contributed by atoms with Crippen LogP contribution < -0.4 is 0 Å². The fourth-order valence-corrected chi connectivity index (χ4v) is 5.90. The van der Waals surface area contributed by atoms with Crippen molar-refractivity contribution in [3.8, 4) is 0 Å². The number of carbonyl (C=O) groups is 1. The van der Waals surface area contributed by atoms with Crippen LogP contribution in [0.15, 0.2) is 36.4 Å². The molecule has 0 atom stereocenters. The van der Waals surface area contributed by atoms with Crippen molar-refractivity contribution in [1.82, 2.24) is 13.8 Å². The summed E-state index contributed by atoms with van der Waals surface area (Å²) in [5.41, 5.74) is 4.08. The summed E-state index contributed by atoms with van der Waals surface area (Å²) in [6, 6.07) is 12.3. The number of aryl methyl sites for hydroxylation is 2. The molecular formula is C23H31N3O3S. The van der Waals surface area contributed by atoms with Gasteiger partial charge in [0.1, 0.15) is 0 Å². The molecule has 162 valence electrons. The Morgan fingerprint density at radius 1 is 1.03 bits per heavy atom. The third-order valence-corrected chi connectivity index (χ3v) is 8.15. The zero-order chi connectivity index (χ0) is 21.3. The van der Waals surface area contributed by atoms with Crippen LogP contribution in [-0.4, -0.2) is 66.4 Å². The van der Waals surface area contributed by atoms with Gasteiger partial charge in [-0.25, -0.2) is 8.42 Å². The van der Waals surface area contributed by atoms with Gasteiger partial charge in [0.2, 0.25) is 10.0 Å².